The van der Waals surface area contributed by atoms with Gasteiger partial charge < -0.3 is 9.84 Å². The first-order chi connectivity index (χ1) is 8.79. The Morgan fingerprint density at radius 3 is 2.94 bits per heavy atom. The molecule has 1 aromatic heterocycles. The Labute approximate surface area is 112 Å². The summed E-state index contributed by atoms with van der Waals surface area (Å²) >= 11 is 1.69. The van der Waals surface area contributed by atoms with Gasteiger partial charge in [0.05, 0.1) is 12.7 Å². The molecule has 0 amide bonds. The van der Waals surface area contributed by atoms with E-state index >= 15 is 0 Å². The SMILES string of the molecule is CCOc1cccc(C(O)CCc2ccsc2)c1. The molecule has 96 valence electrons. The van der Waals surface area contributed by atoms with E-state index in [0.29, 0.717) is 6.61 Å². The molecule has 1 aromatic carbocycles. The van der Waals surface area contributed by atoms with Crippen LogP contribution in [0.25, 0.3) is 0 Å². The van der Waals surface area contributed by atoms with Crippen molar-refractivity contribution >= 4 is 11.3 Å². The topological polar surface area (TPSA) is 29.5 Å². The fourth-order valence-corrected chi connectivity index (χ4v) is 2.59. The average Bonchev–Trinajstić information content (AvgIpc) is 2.90. The molecule has 1 atom stereocenters. The lowest BCUT2D eigenvalue weighted by Crippen LogP contribution is -2.00. The largest absolute Gasteiger partial charge is 0.494 e. The number of aryl methyl sites for hydroxylation is 1. The summed E-state index contributed by atoms with van der Waals surface area (Å²) in [6, 6.07) is 9.81. The smallest absolute Gasteiger partial charge is 0.119 e. The predicted octanol–water partition coefficient (Wildman–Crippen LogP) is 3.81. The molecule has 2 rings (SSSR count). The maximum absolute atomic E-state index is 10.2. The first-order valence-electron chi connectivity index (χ1n) is 6.21. The Balaban J connectivity index is 1.95. The number of benzene rings is 1. The standard InChI is InChI=1S/C15H18O2S/c1-2-17-14-5-3-4-13(10-14)15(16)7-6-12-8-9-18-11-12/h3-5,8-11,15-16H,2,6-7H2,1H3. The monoisotopic (exact) mass is 262 g/mol. The highest BCUT2D eigenvalue weighted by molar-refractivity contribution is 7.07. The van der Waals surface area contributed by atoms with Crippen molar-refractivity contribution in [2.45, 2.75) is 25.9 Å². The van der Waals surface area contributed by atoms with Gasteiger partial charge >= 0.3 is 0 Å². The van der Waals surface area contributed by atoms with E-state index < -0.39 is 6.10 Å². The number of ether oxygens (including phenoxy) is 1. The first kappa shape index (κ1) is 13.1. The normalized spacial score (nSPS) is 12.3. The van der Waals surface area contributed by atoms with Crippen molar-refractivity contribution in [1.29, 1.82) is 0 Å². The molecule has 0 aliphatic heterocycles. The highest BCUT2D eigenvalue weighted by Gasteiger charge is 2.08. The maximum atomic E-state index is 10.2. The molecule has 0 radical (unpaired) electrons. The molecular weight excluding hydrogens is 244 g/mol. The second-order valence-corrected chi connectivity index (χ2v) is 4.97. The van der Waals surface area contributed by atoms with Gasteiger partial charge in [-0.1, -0.05) is 12.1 Å². The second kappa shape index (κ2) is 6.57. The van der Waals surface area contributed by atoms with Crippen molar-refractivity contribution < 1.29 is 9.84 Å². The maximum Gasteiger partial charge on any atom is 0.119 e. The average molecular weight is 262 g/mol. The minimum absolute atomic E-state index is 0.426. The number of rotatable bonds is 6. The van der Waals surface area contributed by atoms with Crippen molar-refractivity contribution in [1.82, 2.24) is 0 Å². The Morgan fingerprint density at radius 2 is 2.22 bits per heavy atom. The van der Waals surface area contributed by atoms with Crippen LogP contribution in [-0.2, 0) is 6.42 Å². The third-order valence-electron chi connectivity index (χ3n) is 2.84. The first-order valence-corrected chi connectivity index (χ1v) is 7.15. The Bertz CT molecular complexity index is 465. The van der Waals surface area contributed by atoms with E-state index in [1.165, 1.54) is 5.56 Å². The zero-order valence-electron chi connectivity index (χ0n) is 10.5. The summed E-state index contributed by atoms with van der Waals surface area (Å²) in [5.74, 6) is 0.824. The number of aliphatic hydroxyl groups excluding tert-OH is 1. The quantitative estimate of drug-likeness (QED) is 0.857. The predicted molar refractivity (Wildman–Crippen MR) is 75.2 cm³/mol. The molecule has 2 nitrogen and oxygen atoms in total. The molecule has 2 aromatic rings. The summed E-state index contributed by atoms with van der Waals surface area (Å²) in [4.78, 5) is 0. The lowest BCUT2D eigenvalue weighted by molar-refractivity contribution is 0.167. The van der Waals surface area contributed by atoms with Crippen molar-refractivity contribution in [2.24, 2.45) is 0 Å². The Kier molecular flexibility index (Phi) is 4.79. The molecule has 0 aliphatic carbocycles. The molecule has 0 aliphatic rings. The molecule has 0 bridgehead atoms. The molecule has 0 spiro atoms. The highest BCUT2D eigenvalue weighted by Crippen LogP contribution is 2.23. The van der Waals surface area contributed by atoms with E-state index in [4.69, 9.17) is 4.74 Å². The molecule has 1 N–H and O–H groups in total. The molecule has 3 heteroatoms. The number of hydrogen-bond acceptors (Lipinski definition) is 3. The van der Waals surface area contributed by atoms with E-state index in [1.54, 1.807) is 11.3 Å². The summed E-state index contributed by atoms with van der Waals surface area (Å²) < 4.78 is 5.44. The van der Waals surface area contributed by atoms with Crippen LogP contribution in [-0.4, -0.2) is 11.7 Å². The van der Waals surface area contributed by atoms with E-state index in [0.717, 1.165) is 24.2 Å². The molecule has 0 saturated carbocycles. The third-order valence-corrected chi connectivity index (χ3v) is 3.57. The molecule has 1 heterocycles. The van der Waals surface area contributed by atoms with E-state index in [9.17, 15) is 5.11 Å². The lowest BCUT2D eigenvalue weighted by atomic mass is 10.0. The Morgan fingerprint density at radius 1 is 1.33 bits per heavy atom. The summed E-state index contributed by atoms with van der Waals surface area (Å²) in [5, 5.41) is 14.4. The minimum Gasteiger partial charge on any atom is -0.494 e. The molecule has 0 fully saturated rings. The van der Waals surface area contributed by atoms with Crippen LogP contribution in [0.2, 0.25) is 0 Å². The van der Waals surface area contributed by atoms with Crippen molar-refractivity contribution in [3.05, 3.63) is 52.2 Å². The van der Waals surface area contributed by atoms with Gasteiger partial charge in [0.15, 0.2) is 0 Å². The van der Waals surface area contributed by atoms with Gasteiger partial charge in [0.1, 0.15) is 5.75 Å². The van der Waals surface area contributed by atoms with Crippen LogP contribution in [0.5, 0.6) is 5.75 Å². The molecule has 18 heavy (non-hydrogen) atoms. The number of thiophene rings is 1. The summed E-state index contributed by atoms with van der Waals surface area (Å²) in [5.41, 5.74) is 2.22. The minimum atomic E-state index is -0.426. The van der Waals surface area contributed by atoms with Crippen LogP contribution in [0.15, 0.2) is 41.1 Å². The number of hydrogen-bond donors (Lipinski definition) is 1. The van der Waals surface area contributed by atoms with Gasteiger partial charge in [-0.3, -0.25) is 0 Å². The van der Waals surface area contributed by atoms with Gasteiger partial charge in [0, 0.05) is 0 Å². The molecular formula is C15H18O2S. The van der Waals surface area contributed by atoms with Crippen molar-refractivity contribution in [3.63, 3.8) is 0 Å². The molecule has 0 saturated heterocycles. The highest BCUT2D eigenvalue weighted by atomic mass is 32.1. The van der Waals surface area contributed by atoms with E-state index in [2.05, 4.69) is 16.8 Å². The van der Waals surface area contributed by atoms with Gasteiger partial charge in [-0.2, -0.15) is 11.3 Å². The zero-order chi connectivity index (χ0) is 12.8. The second-order valence-electron chi connectivity index (χ2n) is 4.19. The van der Waals surface area contributed by atoms with Crippen molar-refractivity contribution in [3.8, 4) is 5.75 Å². The van der Waals surface area contributed by atoms with Crippen LogP contribution in [0, 0.1) is 0 Å². The van der Waals surface area contributed by atoms with Gasteiger partial charge in [-0.05, 0) is 59.9 Å². The van der Waals surface area contributed by atoms with Crippen LogP contribution >= 0.6 is 11.3 Å². The van der Waals surface area contributed by atoms with Crippen molar-refractivity contribution in [2.75, 3.05) is 6.61 Å². The lowest BCUT2D eigenvalue weighted by Gasteiger charge is -2.12. The van der Waals surface area contributed by atoms with Gasteiger partial charge in [0.25, 0.3) is 0 Å². The van der Waals surface area contributed by atoms with Crippen LogP contribution in [0.1, 0.15) is 30.6 Å². The van der Waals surface area contributed by atoms with Crippen LogP contribution in [0.4, 0.5) is 0 Å². The fraction of sp³-hybridized carbons (Fsp3) is 0.333. The van der Waals surface area contributed by atoms with Gasteiger partial charge in [0.2, 0.25) is 0 Å². The summed E-state index contributed by atoms with van der Waals surface area (Å²) in [6.45, 7) is 2.61. The number of aliphatic hydroxyl groups is 1. The van der Waals surface area contributed by atoms with Gasteiger partial charge in [-0.25, -0.2) is 0 Å². The van der Waals surface area contributed by atoms with Gasteiger partial charge in [-0.15, -0.1) is 0 Å². The zero-order valence-corrected chi connectivity index (χ0v) is 11.3. The van der Waals surface area contributed by atoms with Crippen LogP contribution < -0.4 is 4.74 Å². The van der Waals surface area contributed by atoms with Crippen LogP contribution in [0.3, 0.4) is 0 Å². The Hall–Kier alpha value is -1.32. The third kappa shape index (κ3) is 3.59. The van der Waals surface area contributed by atoms with E-state index in [1.807, 2.05) is 31.2 Å². The fourth-order valence-electron chi connectivity index (χ4n) is 1.88. The summed E-state index contributed by atoms with van der Waals surface area (Å²) in [7, 11) is 0. The molecule has 1 unspecified atom stereocenters. The van der Waals surface area contributed by atoms with E-state index in [-0.39, 0.29) is 0 Å². The summed E-state index contributed by atoms with van der Waals surface area (Å²) in [6.07, 6.45) is 1.22.